The van der Waals surface area contributed by atoms with Crippen LogP contribution < -0.4 is 10.5 Å². The van der Waals surface area contributed by atoms with E-state index in [0.717, 1.165) is 18.4 Å². The fourth-order valence-electron chi connectivity index (χ4n) is 2.49. The fourth-order valence-corrected chi connectivity index (χ4v) is 3.91. The molecule has 0 saturated carbocycles. The van der Waals surface area contributed by atoms with Crippen molar-refractivity contribution >= 4 is 15.9 Å². The van der Waals surface area contributed by atoms with Crippen LogP contribution in [0.25, 0.3) is 0 Å². The number of para-hydroxylation sites is 1. The second-order valence-corrected chi connectivity index (χ2v) is 7.26. The van der Waals surface area contributed by atoms with E-state index in [-0.39, 0.29) is 6.04 Å². The van der Waals surface area contributed by atoms with Crippen molar-refractivity contribution in [1.29, 1.82) is 0 Å². The predicted octanol–water partition coefficient (Wildman–Crippen LogP) is 1.90. The molecule has 3 N–H and O–H groups in total. The summed E-state index contributed by atoms with van der Waals surface area (Å²) >= 11 is 0. The summed E-state index contributed by atoms with van der Waals surface area (Å²) in [6.45, 7) is 5.15. The fraction of sp³-hybridized carbons (Fsp3) is 0.571. The molecule has 5 nitrogen and oxygen atoms in total. The van der Waals surface area contributed by atoms with Crippen LogP contribution >= 0.6 is 0 Å². The highest BCUT2D eigenvalue weighted by molar-refractivity contribution is 7.87. The van der Waals surface area contributed by atoms with Gasteiger partial charge in [0.15, 0.2) is 0 Å². The van der Waals surface area contributed by atoms with Crippen LogP contribution in [-0.4, -0.2) is 25.8 Å². The Balaban J connectivity index is 2.07. The van der Waals surface area contributed by atoms with Crippen molar-refractivity contribution in [3.05, 3.63) is 29.8 Å². The summed E-state index contributed by atoms with van der Waals surface area (Å²) in [4.78, 5) is 0. The molecule has 112 valence electrons. The van der Waals surface area contributed by atoms with E-state index < -0.39 is 10.2 Å². The quantitative estimate of drug-likeness (QED) is 0.833. The number of piperidine rings is 1. The van der Waals surface area contributed by atoms with Crippen LogP contribution in [0.4, 0.5) is 5.69 Å². The average Bonchev–Trinajstić information content (AvgIpc) is 2.39. The first kappa shape index (κ1) is 15.3. The van der Waals surface area contributed by atoms with Crippen LogP contribution in [0.15, 0.2) is 24.3 Å². The molecule has 1 atom stereocenters. The third kappa shape index (κ3) is 3.50. The van der Waals surface area contributed by atoms with Crippen molar-refractivity contribution in [2.75, 3.05) is 18.8 Å². The molecule has 0 aliphatic carbocycles. The maximum absolute atomic E-state index is 12.4. The standard InChI is InChI=1S/C14H23N3O2S/c1-11-7-9-17(10-8-11)20(18,19)16-12(2)13-5-3-4-6-14(13)15/h3-6,11-12,16H,7-10,15H2,1-2H3. The highest BCUT2D eigenvalue weighted by Gasteiger charge is 2.28. The van der Waals surface area contributed by atoms with E-state index in [0.29, 0.717) is 24.7 Å². The first-order chi connectivity index (χ1) is 9.40. The molecule has 0 bridgehead atoms. The second kappa shape index (κ2) is 6.11. The van der Waals surface area contributed by atoms with Crippen LogP contribution in [0.5, 0.6) is 0 Å². The Kier molecular flexibility index (Phi) is 4.67. The number of nitrogen functional groups attached to an aromatic ring is 1. The van der Waals surface area contributed by atoms with Gasteiger partial charge in [0.1, 0.15) is 0 Å². The maximum Gasteiger partial charge on any atom is 0.279 e. The Labute approximate surface area is 121 Å². The van der Waals surface area contributed by atoms with E-state index in [4.69, 9.17) is 5.73 Å². The lowest BCUT2D eigenvalue weighted by Gasteiger charge is -2.30. The average molecular weight is 297 g/mol. The highest BCUT2D eigenvalue weighted by Crippen LogP contribution is 2.23. The molecule has 1 saturated heterocycles. The summed E-state index contributed by atoms with van der Waals surface area (Å²) in [6, 6.07) is 7.00. The Hall–Kier alpha value is -1.11. The molecule has 1 aliphatic heterocycles. The third-order valence-electron chi connectivity index (χ3n) is 3.87. The molecule has 0 spiro atoms. The van der Waals surface area contributed by atoms with Crippen LogP contribution in [0.3, 0.4) is 0 Å². The molecule has 0 aromatic heterocycles. The molecular formula is C14H23N3O2S. The van der Waals surface area contributed by atoms with Gasteiger partial charge in [-0.3, -0.25) is 0 Å². The van der Waals surface area contributed by atoms with Gasteiger partial charge in [0, 0.05) is 24.8 Å². The molecule has 0 amide bonds. The zero-order valence-corrected chi connectivity index (χ0v) is 12.9. The monoisotopic (exact) mass is 297 g/mol. The van der Waals surface area contributed by atoms with Gasteiger partial charge in [-0.05, 0) is 37.3 Å². The predicted molar refractivity (Wildman–Crippen MR) is 81.3 cm³/mol. The van der Waals surface area contributed by atoms with Gasteiger partial charge in [-0.25, -0.2) is 0 Å². The molecule has 1 fully saturated rings. The number of rotatable bonds is 4. The maximum atomic E-state index is 12.4. The van der Waals surface area contributed by atoms with Gasteiger partial charge in [0.05, 0.1) is 0 Å². The van der Waals surface area contributed by atoms with Gasteiger partial charge in [0.2, 0.25) is 0 Å². The third-order valence-corrected chi connectivity index (χ3v) is 5.57. The molecule has 1 heterocycles. The van der Waals surface area contributed by atoms with Gasteiger partial charge >= 0.3 is 0 Å². The number of nitrogens with zero attached hydrogens (tertiary/aromatic N) is 1. The normalized spacial score (nSPS) is 19.9. The van der Waals surface area contributed by atoms with E-state index in [9.17, 15) is 8.42 Å². The summed E-state index contributed by atoms with van der Waals surface area (Å²) in [6.07, 6.45) is 1.84. The lowest BCUT2D eigenvalue weighted by molar-refractivity contribution is 0.284. The molecule has 1 aromatic rings. The first-order valence-electron chi connectivity index (χ1n) is 7.02. The SMILES string of the molecule is CC1CCN(S(=O)(=O)NC(C)c2ccccc2N)CC1. The first-order valence-corrected chi connectivity index (χ1v) is 8.46. The second-order valence-electron chi connectivity index (χ2n) is 5.56. The number of nitrogens with two attached hydrogens (primary N) is 1. The summed E-state index contributed by atoms with van der Waals surface area (Å²) in [5, 5.41) is 0. The number of benzene rings is 1. The minimum Gasteiger partial charge on any atom is -0.398 e. The lowest BCUT2D eigenvalue weighted by atomic mass is 10.0. The molecule has 1 unspecified atom stereocenters. The van der Waals surface area contributed by atoms with Crippen LogP contribution in [-0.2, 0) is 10.2 Å². The van der Waals surface area contributed by atoms with E-state index in [1.54, 1.807) is 6.07 Å². The zero-order chi connectivity index (χ0) is 14.8. The molecule has 1 aromatic carbocycles. The van der Waals surface area contributed by atoms with Crippen molar-refractivity contribution < 1.29 is 8.42 Å². The van der Waals surface area contributed by atoms with Crippen molar-refractivity contribution in [3.8, 4) is 0 Å². The van der Waals surface area contributed by atoms with Crippen molar-refractivity contribution in [3.63, 3.8) is 0 Å². The van der Waals surface area contributed by atoms with Crippen LogP contribution in [0.1, 0.15) is 38.3 Å². The molecule has 6 heteroatoms. The largest absolute Gasteiger partial charge is 0.398 e. The summed E-state index contributed by atoms with van der Waals surface area (Å²) in [7, 11) is -3.44. The van der Waals surface area contributed by atoms with E-state index in [1.807, 2.05) is 25.1 Å². The highest BCUT2D eigenvalue weighted by atomic mass is 32.2. The van der Waals surface area contributed by atoms with Gasteiger partial charge in [-0.1, -0.05) is 25.1 Å². The van der Waals surface area contributed by atoms with Gasteiger partial charge in [-0.15, -0.1) is 0 Å². The zero-order valence-electron chi connectivity index (χ0n) is 12.0. The van der Waals surface area contributed by atoms with Gasteiger partial charge < -0.3 is 5.73 Å². The van der Waals surface area contributed by atoms with Crippen molar-refractivity contribution in [2.24, 2.45) is 5.92 Å². The topological polar surface area (TPSA) is 75.4 Å². The minimum atomic E-state index is -3.44. The number of anilines is 1. The number of hydrogen-bond donors (Lipinski definition) is 2. The Morgan fingerprint density at radius 1 is 1.30 bits per heavy atom. The molecule has 2 rings (SSSR count). The lowest BCUT2D eigenvalue weighted by Crippen LogP contribution is -2.45. The van der Waals surface area contributed by atoms with E-state index in [2.05, 4.69) is 11.6 Å². The Morgan fingerprint density at radius 2 is 1.90 bits per heavy atom. The number of nitrogens with one attached hydrogen (secondary N) is 1. The minimum absolute atomic E-state index is 0.333. The van der Waals surface area contributed by atoms with Crippen molar-refractivity contribution in [1.82, 2.24) is 9.03 Å². The van der Waals surface area contributed by atoms with Gasteiger partial charge in [0.25, 0.3) is 10.2 Å². The van der Waals surface area contributed by atoms with Crippen LogP contribution in [0, 0.1) is 5.92 Å². The Bertz CT molecular complexity index is 551. The van der Waals surface area contributed by atoms with Gasteiger partial charge in [-0.2, -0.15) is 17.4 Å². The Morgan fingerprint density at radius 3 is 2.50 bits per heavy atom. The van der Waals surface area contributed by atoms with Crippen LogP contribution in [0.2, 0.25) is 0 Å². The summed E-state index contributed by atoms with van der Waals surface area (Å²) < 4.78 is 29.0. The summed E-state index contributed by atoms with van der Waals surface area (Å²) in [5.41, 5.74) is 7.30. The molecule has 20 heavy (non-hydrogen) atoms. The smallest absolute Gasteiger partial charge is 0.279 e. The van der Waals surface area contributed by atoms with E-state index in [1.165, 1.54) is 4.31 Å². The summed E-state index contributed by atoms with van der Waals surface area (Å²) in [5.74, 6) is 0.601. The van der Waals surface area contributed by atoms with Crippen molar-refractivity contribution in [2.45, 2.75) is 32.7 Å². The van der Waals surface area contributed by atoms with E-state index >= 15 is 0 Å². The number of hydrogen-bond acceptors (Lipinski definition) is 3. The molecule has 1 aliphatic rings. The molecular weight excluding hydrogens is 274 g/mol. The molecule has 0 radical (unpaired) electrons.